The highest BCUT2D eigenvalue weighted by Gasteiger charge is 2.02. The third-order valence-electron chi connectivity index (χ3n) is 2.12. The molecule has 84 valence electrons. The lowest BCUT2D eigenvalue weighted by atomic mass is 10.3. The minimum absolute atomic E-state index is 0.257. The first kappa shape index (κ1) is 10.5. The van der Waals surface area contributed by atoms with E-state index in [4.69, 9.17) is 4.74 Å². The maximum Gasteiger partial charge on any atom is 0.347 e. The molecule has 5 nitrogen and oxygen atoms in total. The van der Waals surface area contributed by atoms with Crippen LogP contribution in [0.25, 0.3) is 5.69 Å². The summed E-state index contributed by atoms with van der Waals surface area (Å²) in [7, 11) is 0. The molecule has 1 aromatic heterocycles. The van der Waals surface area contributed by atoms with Crippen molar-refractivity contribution in [1.82, 2.24) is 14.8 Å². The lowest BCUT2D eigenvalue weighted by Crippen LogP contribution is -2.14. The van der Waals surface area contributed by atoms with Crippen LogP contribution in [0.5, 0.6) is 5.75 Å². The molecule has 0 unspecified atom stereocenters. The highest BCUT2D eigenvalue weighted by atomic mass is 16.5. The number of hydrogen-bond acceptors (Lipinski definition) is 3. The van der Waals surface area contributed by atoms with Crippen molar-refractivity contribution in [3.8, 4) is 11.4 Å². The van der Waals surface area contributed by atoms with Crippen LogP contribution in [0.1, 0.15) is 13.3 Å². The molecule has 1 heterocycles. The van der Waals surface area contributed by atoms with Crippen molar-refractivity contribution in [2.45, 2.75) is 13.3 Å². The Bertz CT molecular complexity index is 516. The van der Waals surface area contributed by atoms with E-state index in [1.165, 1.54) is 10.9 Å². The van der Waals surface area contributed by atoms with Crippen LogP contribution in [0.2, 0.25) is 0 Å². The van der Waals surface area contributed by atoms with Crippen LogP contribution in [0.4, 0.5) is 0 Å². The third-order valence-corrected chi connectivity index (χ3v) is 2.12. The summed E-state index contributed by atoms with van der Waals surface area (Å²) < 4.78 is 6.92. The van der Waals surface area contributed by atoms with E-state index in [0.717, 1.165) is 17.9 Å². The zero-order chi connectivity index (χ0) is 11.4. The van der Waals surface area contributed by atoms with Crippen LogP contribution in [0.3, 0.4) is 0 Å². The molecule has 0 aliphatic carbocycles. The Hall–Kier alpha value is -2.04. The number of H-pyrrole nitrogens is 1. The van der Waals surface area contributed by atoms with Crippen molar-refractivity contribution in [2.24, 2.45) is 0 Å². The molecule has 1 aromatic carbocycles. The predicted molar refractivity (Wildman–Crippen MR) is 60.0 cm³/mol. The first-order valence-corrected chi connectivity index (χ1v) is 5.16. The summed E-state index contributed by atoms with van der Waals surface area (Å²) in [6, 6.07) is 7.35. The highest BCUT2D eigenvalue weighted by Crippen LogP contribution is 2.15. The SMILES string of the molecule is CCCOc1cccc(-n2cn[nH]c2=O)c1. The molecule has 1 N–H and O–H groups in total. The van der Waals surface area contributed by atoms with Gasteiger partial charge in [0.25, 0.3) is 0 Å². The number of aromatic nitrogens is 3. The Morgan fingerprint density at radius 3 is 3.06 bits per heavy atom. The van der Waals surface area contributed by atoms with Crippen LogP contribution in [-0.2, 0) is 0 Å². The predicted octanol–water partition coefficient (Wildman–Crippen LogP) is 1.35. The molecule has 0 aliphatic heterocycles. The summed E-state index contributed by atoms with van der Waals surface area (Å²) in [5.74, 6) is 0.757. The monoisotopic (exact) mass is 219 g/mol. The molecule has 2 rings (SSSR count). The number of rotatable bonds is 4. The normalized spacial score (nSPS) is 10.3. The number of hydrogen-bond donors (Lipinski definition) is 1. The summed E-state index contributed by atoms with van der Waals surface area (Å²) in [6.45, 7) is 2.72. The van der Waals surface area contributed by atoms with E-state index in [-0.39, 0.29) is 5.69 Å². The highest BCUT2D eigenvalue weighted by molar-refractivity contribution is 5.38. The van der Waals surface area contributed by atoms with Crippen molar-refractivity contribution in [1.29, 1.82) is 0 Å². The lowest BCUT2D eigenvalue weighted by molar-refractivity contribution is 0.317. The topological polar surface area (TPSA) is 59.9 Å². The van der Waals surface area contributed by atoms with E-state index >= 15 is 0 Å². The van der Waals surface area contributed by atoms with Crippen molar-refractivity contribution in [2.75, 3.05) is 6.61 Å². The van der Waals surface area contributed by atoms with Crippen LogP contribution < -0.4 is 10.4 Å². The Balaban J connectivity index is 2.29. The largest absolute Gasteiger partial charge is 0.494 e. The lowest BCUT2D eigenvalue weighted by Gasteiger charge is -2.06. The fourth-order valence-corrected chi connectivity index (χ4v) is 1.38. The standard InChI is InChI=1S/C11H13N3O2/c1-2-6-16-10-5-3-4-9(7-10)14-8-12-13-11(14)15/h3-5,7-8H,2,6H2,1H3,(H,13,15). The Labute approximate surface area is 92.7 Å². The summed E-state index contributed by atoms with van der Waals surface area (Å²) >= 11 is 0. The second kappa shape index (κ2) is 4.65. The average molecular weight is 219 g/mol. The van der Waals surface area contributed by atoms with Crippen molar-refractivity contribution >= 4 is 0 Å². The molecule has 0 radical (unpaired) electrons. The van der Waals surface area contributed by atoms with Gasteiger partial charge in [-0.25, -0.2) is 14.5 Å². The number of nitrogens with zero attached hydrogens (tertiary/aromatic N) is 2. The molecular formula is C11H13N3O2. The second-order valence-corrected chi connectivity index (χ2v) is 3.38. The van der Waals surface area contributed by atoms with Gasteiger partial charge in [0.1, 0.15) is 12.1 Å². The fraction of sp³-hybridized carbons (Fsp3) is 0.273. The molecule has 0 saturated carbocycles. The van der Waals surface area contributed by atoms with Gasteiger partial charge in [0.2, 0.25) is 0 Å². The smallest absolute Gasteiger partial charge is 0.347 e. The molecule has 0 atom stereocenters. The minimum atomic E-state index is -0.257. The zero-order valence-corrected chi connectivity index (χ0v) is 9.01. The van der Waals surface area contributed by atoms with E-state index in [1.54, 1.807) is 0 Å². The minimum Gasteiger partial charge on any atom is -0.494 e. The number of nitrogens with one attached hydrogen (secondary N) is 1. The van der Waals surface area contributed by atoms with Crippen LogP contribution >= 0.6 is 0 Å². The summed E-state index contributed by atoms with van der Waals surface area (Å²) in [4.78, 5) is 11.3. The van der Waals surface area contributed by atoms with Crippen molar-refractivity contribution in [3.05, 3.63) is 41.1 Å². The van der Waals surface area contributed by atoms with E-state index in [9.17, 15) is 4.79 Å². The van der Waals surface area contributed by atoms with Gasteiger partial charge in [0.15, 0.2) is 0 Å². The van der Waals surface area contributed by atoms with Gasteiger partial charge in [-0.05, 0) is 18.6 Å². The van der Waals surface area contributed by atoms with Gasteiger partial charge in [-0.15, -0.1) is 0 Å². The number of aromatic amines is 1. The van der Waals surface area contributed by atoms with E-state index < -0.39 is 0 Å². The molecule has 0 amide bonds. The van der Waals surface area contributed by atoms with Gasteiger partial charge < -0.3 is 4.74 Å². The summed E-state index contributed by atoms with van der Waals surface area (Å²) in [6.07, 6.45) is 2.40. The first-order valence-electron chi connectivity index (χ1n) is 5.16. The van der Waals surface area contributed by atoms with Crippen molar-refractivity contribution in [3.63, 3.8) is 0 Å². The quantitative estimate of drug-likeness (QED) is 0.844. The second-order valence-electron chi connectivity index (χ2n) is 3.38. The number of benzene rings is 1. The molecule has 0 bridgehead atoms. The van der Waals surface area contributed by atoms with E-state index in [0.29, 0.717) is 6.61 Å². The van der Waals surface area contributed by atoms with Gasteiger partial charge in [-0.3, -0.25) is 0 Å². The third kappa shape index (κ3) is 2.13. The molecule has 0 saturated heterocycles. The van der Waals surface area contributed by atoms with E-state index in [1.807, 2.05) is 31.2 Å². The van der Waals surface area contributed by atoms with Gasteiger partial charge in [-0.1, -0.05) is 13.0 Å². The van der Waals surface area contributed by atoms with Crippen molar-refractivity contribution < 1.29 is 4.74 Å². The average Bonchev–Trinajstić information content (AvgIpc) is 2.73. The van der Waals surface area contributed by atoms with Gasteiger partial charge in [0, 0.05) is 6.07 Å². The van der Waals surface area contributed by atoms with Gasteiger partial charge >= 0.3 is 5.69 Å². The van der Waals surface area contributed by atoms with E-state index in [2.05, 4.69) is 10.2 Å². The molecule has 0 aliphatic rings. The molecule has 5 heteroatoms. The molecule has 16 heavy (non-hydrogen) atoms. The van der Waals surface area contributed by atoms with Gasteiger partial charge in [0.05, 0.1) is 12.3 Å². The Kier molecular flexibility index (Phi) is 3.05. The molecule has 0 spiro atoms. The van der Waals surface area contributed by atoms with Crippen LogP contribution in [-0.4, -0.2) is 21.4 Å². The number of ether oxygens (including phenoxy) is 1. The first-order chi connectivity index (χ1) is 7.81. The maximum atomic E-state index is 11.3. The molecule has 2 aromatic rings. The van der Waals surface area contributed by atoms with Crippen LogP contribution in [0, 0.1) is 0 Å². The van der Waals surface area contributed by atoms with Crippen LogP contribution in [0.15, 0.2) is 35.4 Å². The molecule has 0 fully saturated rings. The van der Waals surface area contributed by atoms with Gasteiger partial charge in [-0.2, -0.15) is 5.10 Å². The Morgan fingerprint density at radius 1 is 1.50 bits per heavy atom. The summed E-state index contributed by atoms with van der Waals surface area (Å²) in [5.41, 5.74) is 0.486. The summed E-state index contributed by atoms with van der Waals surface area (Å²) in [5, 5.41) is 6.02. The maximum absolute atomic E-state index is 11.3. The Morgan fingerprint density at radius 2 is 2.38 bits per heavy atom. The fourth-order valence-electron chi connectivity index (χ4n) is 1.38. The zero-order valence-electron chi connectivity index (χ0n) is 9.01. The molecular weight excluding hydrogens is 206 g/mol.